The van der Waals surface area contributed by atoms with Crippen LogP contribution in [0.1, 0.15) is 28.8 Å². The van der Waals surface area contributed by atoms with E-state index in [2.05, 4.69) is 22.6 Å². The van der Waals surface area contributed by atoms with E-state index < -0.39 is 21.7 Å². The van der Waals surface area contributed by atoms with Crippen molar-refractivity contribution in [3.05, 3.63) is 87.5 Å². The maximum Gasteiger partial charge on any atom is 0.299 e. The molecule has 1 amide bonds. The lowest BCUT2D eigenvalue weighted by Crippen LogP contribution is -2.39. The summed E-state index contributed by atoms with van der Waals surface area (Å²) < 4.78 is 35.4. The highest BCUT2D eigenvalue weighted by Gasteiger charge is 2.40. The number of benzene rings is 3. The predicted molar refractivity (Wildman–Crippen MR) is 140 cm³/mol. The van der Waals surface area contributed by atoms with E-state index in [0.29, 0.717) is 24.4 Å². The van der Waals surface area contributed by atoms with Gasteiger partial charge >= 0.3 is 0 Å². The van der Waals surface area contributed by atoms with Gasteiger partial charge in [-0.25, -0.2) is 8.42 Å². The van der Waals surface area contributed by atoms with Crippen molar-refractivity contribution in [2.24, 2.45) is 0 Å². The molecule has 2 heterocycles. The minimum Gasteiger partial charge on any atom is -0.492 e. The molecule has 35 heavy (non-hydrogen) atoms. The van der Waals surface area contributed by atoms with Crippen molar-refractivity contribution in [1.29, 1.82) is 0 Å². The van der Waals surface area contributed by atoms with Crippen molar-refractivity contribution >= 4 is 50.0 Å². The molecular formula is C26H23IN2O5S. The first-order valence-electron chi connectivity index (χ1n) is 11.3. The van der Waals surface area contributed by atoms with Crippen molar-refractivity contribution in [3.63, 3.8) is 0 Å². The minimum atomic E-state index is -3.87. The van der Waals surface area contributed by atoms with Crippen molar-refractivity contribution in [2.75, 3.05) is 18.1 Å². The van der Waals surface area contributed by atoms with Crippen LogP contribution < -0.4 is 9.64 Å². The Kier molecular flexibility index (Phi) is 6.65. The zero-order valence-corrected chi connectivity index (χ0v) is 21.7. The predicted octanol–water partition coefficient (Wildman–Crippen LogP) is 4.25. The van der Waals surface area contributed by atoms with Crippen molar-refractivity contribution in [2.45, 2.75) is 30.3 Å². The molecule has 3 aromatic carbocycles. The zero-order chi connectivity index (χ0) is 24.6. The normalized spacial score (nSPS) is 18.2. The third-order valence-electron chi connectivity index (χ3n) is 6.31. The molecule has 0 aliphatic carbocycles. The number of hydrogen-bond acceptors (Lipinski definition) is 5. The molecule has 0 spiro atoms. The number of nitrogens with zero attached hydrogens (tertiary/aromatic N) is 2. The lowest BCUT2D eigenvalue weighted by atomic mass is 10.1. The van der Waals surface area contributed by atoms with Gasteiger partial charge in [-0.1, -0.05) is 30.3 Å². The highest BCUT2D eigenvalue weighted by molar-refractivity contribution is 14.1. The second-order valence-corrected chi connectivity index (χ2v) is 11.7. The molecule has 1 saturated heterocycles. The number of halogens is 1. The number of carbonyl (C=O) groups excluding carboxylic acids is 2. The molecule has 9 heteroatoms. The maximum absolute atomic E-state index is 13.5. The Morgan fingerprint density at radius 2 is 1.71 bits per heavy atom. The Balaban J connectivity index is 1.38. The maximum atomic E-state index is 13.5. The number of ketones is 1. The largest absolute Gasteiger partial charge is 0.492 e. The van der Waals surface area contributed by atoms with E-state index in [1.165, 1.54) is 21.3 Å². The van der Waals surface area contributed by atoms with Crippen LogP contribution in [0.5, 0.6) is 5.75 Å². The first-order chi connectivity index (χ1) is 16.8. The fourth-order valence-electron chi connectivity index (χ4n) is 4.51. The number of fused-ring (bicyclic) bond motifs is 1. The topological polar surface area (TPSA) is 84.0 Å². The second-order valence-electron chi connectivity index (χ2n) is 8.56. The Labute approximate surface area is 217 Å². The van der Waals surface area contributed by atoms with Crippen LogP contribution in [0.2, 0.25) is 0 Å². The van der Waals surface area contributed by atoms with Crippen molar-refractivity contribution < 1.29 is 22.7 Å². The Bertz CT molecular complexity index is 1380. The SMILES string of the molecule is O=C1C(=O)N(Cc2ccc([125I])cc2)c2ccc(S(=O)(=O)N3CCC[C@H]3COc3ccccc3)cc21. The molecule has 0 bridgehead atoms. The first kappa shape index (κ1) is 24.0. The Morgan fingerprint density at radius 1 is 0.971 bits per heavy atom. The van der Waals surface area contributed by atoms with Gasteiger partial charge in [-0.05, 0) is 83.5 Å². The molecule has 0 unspecified atom stereocenters. The highest BCUT2D eigenvalue weighted by Crippen LogP contribution is 2.34. The van der Waals surface area contributed by atoms with E-state index in [4.69, 9.17) is 4.74 Å². The van der Waals surface area contributed by atoms with Crippen LogP contribution in [0.4, 0.5) is 5.69 Å². The van der Waals surface area contributed by atoms with Gasteiger partial charge in [0.15, 0.2) is 0 Å². The van der Waals surface area contributed by atoms with Crippen LogP contribution in [0.3, 0.4) is 0 Å². The minimum absolute atomic E-state index is 0.0140. The fourth-order valence-corrected chi connectivity index (χ4v) is 6.57. The Hall–Kier alpha value is -2.76. The molecule has 2 aliphatic heterocycles. The van der Waals surface area contributed by atoms with Gasteiger partial charge in [0.2, 0.25) is 10.0 Å². The number of ether oxygens (including phenoxy) is 1. The van der Waals surface area contributed by atoms with E-state index >= 15 is 0 Å². The molecule has 0 radical (unpaired) electrons. The number of sulfonamides is 1. The van der Waals surface area contributed by atoms with Crippen LogP contribution in [0.25, 0.3) is 0 Å². The van der Waals surface area contributed by atoms with Crippen LogP contribution in [-0.4, -0.2) is 43.6 Å². The van der Waals surface area contributed by atoms with E-state index in [-0.39, 0.29) is 29.7 Å². The summed E-state index contributed by atoms with van der Waals surface area (Å²) in [7, 11) is -3.87. The highest BCUT2D eigenvalue weighted by atomic mass is 125. The molecule has 1 fully saturated rings. The third kappa shape index (κ3) is 4.72. The molecule has 0 N–H and O–H groups in total. The number of carbonyl (C=O) groups is 2. The number of Topliss-reactive ketones (excluding diaryl/α,β-unsaturated/α-hetero) is 1. The van der Waals surface area contributed by atoms with Crippen LogP contribution >= 0.6 is 22.6 Å². The molecule has 180 valence electrons. The summed E-state index contributed by atoms with van der Waals surface area (Å²) in [6.07, 6.45) is 1.42. The van der Waals surface area contributed by atoms with Crippen LogP contribution in [-0.2, 0) is 21.4 Å². The van der Waals surface area contributed by atoms with Gasteiger partial charge in [-0.2, -0.15) is 4.31 Å². The van der Waals surface area contributed by atoms with E-state index in [1.807, 2.05) is 54.6 Å². The molecule has 0 aromatic heterocycles. The number of para-hydroxylation sites is 1. The van der Waals surface area contributed by atoms with Gasteiger partial charge in [0, 0.05) is 10.1 Å². The molecule has 0 saturated carbocycles. The van der Waals surface area contributed by atoms with Gasteiger partial charge < -0.3 is 9.64 Å². The van der Waals surface area contributed by atoms with E-state index in [1.54, 1.807) is 6.07 Å². The molecule has 3 aromatic rings. The quantitative estimate of drug-likeness (QED) is 0.299. The third-order valence-corrected chi connectivity index (χ3v) is 8.98. The molecule has 5 rings (SSSR count). The lowest BCUT2D eigenvalue weighted by molar-refractivity contribution is -0.114. The average molecular weight is 600 g/mol. The second kappa shape index (κ2) is 9.71. The van der Waals surface area contributed by atoms with Crippen LogP contribution in [0.15, 0.2) is 77.7 Å². The summed E-state index contributed by atoms with van der Waals surface area (Å²) >= 11 is 2.20. The van der Waals surface area contributed by atoms with E-state index in [9.17, 15) is 18.0 Å². The summed E-state index contributed by atoms with van der Waals surface area (Å²) in [5.74, 6) is -0.650. The lowest BCUT2D eigenvalue weighted by Gasteiger charge is -2.24. The number of amides is 1. The fraction of sp³-hybridized carbons (Fsp3) is 0.231. The molecular weight excluding hydrogens is 577 g/mol. The average Bonchev–Trinajstić information content (AvgIpc) is 3.44. The standard InChI is InChI=1S/C26H23IN2O5S/c27-19-10-8-18(9-11-19)16-28-24-13-12-22(15-23(24)25(30)26(28)31)35(32,33)29-14-4-5-20(29)17-34-21-6-2-1-3-7-21/h1-3,6-13,15,20H,4-5,14,16-17H2/t20-/m0/s1/i27-2. The number of hydrogen-bond donors (Lipinski definition) is 0. The summed E-state index contributed by atoms with van der Waals surface area (Å²) in [6, 6.07) is 21.0. The monoisotopic (exact) mass is 600 g/mol. The number of anilines is 1. The van der Waals surface area contributed by atoms with Gasteiger partial charge in [0.25, 0.3) is 11.7 Å². The number of rotatable bonds is 7. The van der Waals surface area contributed by atoms with Gasteiger partial charge in [-0.15, -0.1) is 0 Å². The van der Waals surface area contributed by atoms with Crippen LogP contribution in [0, 0.1) is 3.57 Å². The summed E-state index contributed by atoms with van der Waals surface area (Å²) in [4.78, 5) is 26.9. The van der Waals surface area contributed by atoms with Gasteiger partial charge in [0.05, 0.1) is 28.7 Å². The molecule has 7 nitrogen and oxygen atoms in total. The Morgan fingerprint density at radius 3 is 2.46 bits per heavy atom. The van der Waals surface area contributed by atoms with Gasteiger partial charge in [0.1, 0.15) is 12.4 Å². The van der Waals surface area contributed by atoms with Crippen molar-refractivity contribution in [3.8, 4) is 5.75 Å². The van der Waals surface area contributed by atoms with Crippen molar-refractivity contribution in [1.82, 2.24) is 4.31 Å². The molecule has 1 atom stereocenters. The van der Waals surface area contributed by atoms with Gasteiger partial charge in [-0.3, -0.25) is 9.59 Å². The van der Waals surface area contributed by atoms with E-state index in [0.717, 1.165) is 15.6 Å². The summed E-state index contributed by atoms with van der Waals surface area (Å²) in [5.41, 5.74) is 1.44. The smallest absolute Gasteiger partial charge is 0.299 e. The zero-order valence-electron chi connectivity index (χ0n) is 18.8. The summed E-state index contributed by atoms with van der Waals surface area (Å²) in [6.45, 7) is 0.870. The summed E-state index contributed by atoms with van der Waals surface area (Å²) in [5, 5.41) is 0. The molecule has 2 aliphatic rings. The first-order valence-corrected chi connectivity index (χ1v) is 13.8.